The first-order chi connectivity index (χ1) is 7.93. The van der Waals surface area contributed by atoms with Gasteiger partial charge >= 0.3 is 0 Å². The molecular weight excluding hydrogens is 220 g/mol. The van der Waals surface area contributed by atoms with E-state index in [-0.39, 0.29) is 5.95 Å². The molecule has 17 heavy (non-hydrogen) atoms. The van der Waals surface area contributed by atoms with Gasteiger partial charge in [-0.2, -0.15) is 5.26 Å². The molecule has 0 spiro atoms. The molecule has 0 fully saturated rings. The highest BCUT2D eigenvalue weighted by Crippen LogP contribution is 2.06. The molecule has 1 atom stereocenters. The summed E-state index contributed by atoms with van der Waals surface area (Å²) < 4.78 is 0. The Bertz CT molecular complexity index is 484. The maximum atomic E-state index is 11.6. The number of hydrogen-bond donors (Lipinski definition) is 1. The first-order valence-electron chi connectivity index (χ1n) is 4.97. The Morgan fingerprint density at radius 1 is 1.35 bits per heavy atom. The lowest BCUT2D eigenvalue weighted by molar-refractivity contribution is -0.127. The van der Waals surface area contributed by atoms with E-state index in [1.807, 2.05) is 0 Å². The van der Waals surface area contributed by atoms with Crippen LogP contribution in [0.15, 0.2) is 6.07 Å². The lowest BCUT2D eigenvalue weighted by Gasteiger charge is -2.07. The van der Waals surface area contributed by atoms with E-state index in [9.17, 15) is 9.59 Å². The van der Waals surface area contributed by atoms with E-state index in [1.165, 1.54) is 6.92 Å². The molecule has 0 bridgehead atoms. The maximum Gasteiger partial charge on any atom is 0.251 e. The van der Waals surface area contributed by atoms with Gasteiger partial charge in [0.15, 0.2) is 11.7 Å². The largest absolute Gasteiger partial charge is 0.298 e. The summed E-state index contributed by atoms with van der Waals surface area (Å²) in [6.45, 7) is 4.71. The molecule has 1 rings (SSSR count). The summed E-state index contributed by atoms with van der Waals surface area (Å²) >= 11 is 0. The monoisotopic (exact) mass is 232 g/mol. The summed E-state index contributed by atoms with van der Waals surface area (Å²) in [5, 5.41) is 11.0. The lowest BCUT2D eigenvalue weighted by atomic mass is 10.1. The molecule has 0 aliphatic heterocycles. The predicted octanol–water partition coefficient (Wildman–Crippen LogP) is 0.761. The van der Waals surface area contributed by atoms with Crippen molar-refractivity contribution in [2.24, 2.45) is 5.92 Å². The van der Waals surface area contributed by atoms with Crippen molar-refractivity contribution >= 4 is 17.6 Å². The van der Waals surface area contributed by atoms with Crippen molar-refractivity contribution < 1.29 is 9.59 Å². The smallest absolute Gasteiger partial charge is 0.251 e. The van der Waals surface area contributed by atoms with Crippen LogP contribution >= 0.6 is 0 Å². The van der Waals surface area contributed by atoms with Crippen LogP contribution in [0.3, 0.4) is 0 Å². The predicted molar refractivity (Wildman–Crippen MR) is 59.9 cm³/mol. The Morgan fingerprint density at radius 2 is 1.88 bits per heavy atom. The summed E-state index contributed by atoms with van der Waals surface area (Å²) in [5.41, 5.74) is 1.40. The molecule has 1 N–H and O–H groups in total. The van der Waals surface area contributed by atoms with Crippen LogP contribution in [-0.4, -0.2) is 21.7 Å². The minimum Gasteiger partial charge on any atom is -0.298 e. The number of amides is 1. The van der Waals surface area contributed by atoms with Crippen molar-refractivity contribution in [2.75, 3.05) is 5.32 Å². The van der Waals surface area contributed by atoms with Crippen LogP contribution < -0.4 is 5.32 Å². The highest BCUT2D eigenvalue weighted by molar-refractivity contribution is 6.08. The van der Waals surface area contributed by atoms with E-state index in [4.69, 9.17) is 5.26 Å². The van der Waals surface area contributed by atoms with Gasteiger partial charge in [-0.15, -0.1) is 0 Å². The van der Waals surface area contributed by atoms with Crippen LogP contribution in [0, 0.1) is 31.1 Å². The van der Waals surface area contributed by atoms with E-state index in [0.29, 0.717) is 11.4 Å². The van der Waals surface area contributed by atoms with Gasteiger partial charge in [-0.25, -0.2) is 9.97 Å². The molecule has 0 aliphatic rings. The molecule has 0 saturated heterocycles. The molecule has 0 unspecified atom stereocenters. The van der Waals surface area contributed by atoms with Crippen molar-refractivity contribution in [3.63, 3.8) is 0 Å². The number of hydrogen-bond acceptors (Lipinski definition) is 5. The lowest BCUT2D eigenvalue weighted by Crippen LogP contribution is -2.27. The van der Waals surface area contributed by atoms with E-state index in [1.54, 1.807) is 26.0 Å². The maximum absolute atomic E-state index is 11.6. The zero-order valence-electron chi connectivity index (χ0n) is 9.81. The summed E-state index contributed by atoms with van der Waals surface area (Å²) in [6.07, 6.45) is 0. The van der Waals surface area contributed by atoms with Crippen LogP contribution in [0.25, 0.3) is 0 Å². The van der Waals surface area contributed by atoms with Gasteiger partial charge in [0.1, 0.15) is 0 Å². The van der Waals surface area contributed by atoms with Crippen LogP contribution in [0.5, 0.6) is 0 Å². The number of ketones is 1. The van der Waals surface area contributed by atoms with Gasteiger partial charge in [-0.05, 0) is 26.8 Å². The number of aryl methyl sites for hydroxylation is 2. The van der Waals surface area contributed by atoms with Crippen LogP contribution in [0.4, 0.5) is 5.95 Å². The van der Waals surface area contributed by atoms with Crippen molar-refractivity contribution in [1.29, 1.82) is 5.26 Å². The number of rotatable bonds is 3. The van der Waals surface area contributed by atoms with Crippen LogP contribution in [0.2, 0.25) is 0 Å². The highest BCUT2D eigenvalue weighted by atomic mass is 16.2. The highest BCUT2D eigenvalue weighted by Gasteiger charge is 2.23. The standard InChI is InChI=1S/C11H12N4O2/c1-6-4-7(2)14-11(13-6)15-10(17)9(5-12)8(3)16/h4,9H,1-3H3,(H,13,14,15,17)/t9-/m1/s1. The molecule has 1 aromatic rings. The quantitative estimate of drug-likeness (QED) is 0.776. The second kappa shape index (κ2) is 5.16. The van der Waals surface area contributed by atoms with Gasteiger partial charge in [0, 0.05) is 11.4 Å². The van der Waals surface area contributed by atoms with Gasteiger partial charge in [0.25, 0.3) is 5.91 Å². The number of aromatic nitrogens is 2. The number of nitrogens with one attached hydrogen (secondary N) is 1. The summed E-state index contributed by atoms with van der Waals surface area (Å²) in [7, 11) is 0. The number of Topliss-reactive ketones (excluding diaryl/α,β-unsaturated/α-hetero) is 1. The first-order valence-corrected chi connectivity index (χ1v) is 4.97. The van der Waals surface area contributed by atoms with Gasteiger partial charge < -0.3 is 0 Å². The average molecular weight is 232 g/mol. The molecular formula is C11H12N4O2. The van der Waals surface area contributed by atoms with Gasteiger partial charge in [-0.1, -0.05) is 0 Å². The summed E-state index contributed by atoms with van der Waals surface area (Å²) in [5.74, 6) is -2.42. The second-order valence-electron chi connectivity index (χ2n) is 3.64. The number of nitriles is 1. The molecule has 1 amide bonds. The Kier molecular flexibility index (Phi) is 3.88. The summed E-state index contributed by atoms with van der Waals surface area (Å²) in [6, 6.07) is 3.39. The third-order valence-corrected chi connectivity index (χ3v) is 2.02. The summed E-state index contributed by atoms with van der Waals surface area (Å²) in [4.78, 5) is 30.6. The number of nitrogens with zero attached hydrogens (tertiary/aromatic N) is 3. The topological polar surface area (TPSA) is 95.7 Å². The minimum absolute atomic E-state index is 0.106. The van der Waals surface area contributed by atoms with Crippen molar-refractivity contribution in [3.05, 3.63) is 17.5 Å². The van der Waals surface area contributed by atoms with Crippen molar-refractivity contribution in [1.82, 2.24) is 9.97 Å². The zero-order chi connectivity index (χ0) is 13.0. The van der Waals surface area contributed by atoms with Gasteiger partial charge in [0.2, 0.25) is 5.95 Å². The van der Waals surface area contributed by atoms with Crippen molar-refractivity contribution in [2.45, 2.75) is 20.8 Å². The number of anilines is 1. The SMILES string of the molecule is CC(=O)[C@@H](C#N)C(=O)Nc1nc(C)cc(C)n1. The molecule has 0 saturated carbocycles. The zero-order valence-corrected chi connectivity index (χ0v) is 9.81. The molecule has 0 radical (unpaired) electrons. The molecule has 6 nitrogen and oxygen atoms in total. The third kappa shape index (κ3) is 3.34. The van der Waals surface area contributed by atoms with E-state index < -0.39 is 17.6 Å². The Labute approximate surface area is 98.7 Å². The second-order valence-corrected chi connectivity index (χ2v) is 3.64. The molecule has 88 valence electrons. The van der Waals surface area contributed by atoms with Gasteiger partial charge in [0.05, 0.1) is 6.07 Å². The fourth-order valence-electron chi connectivity index (χ4n) is 1.30. The Hall–Kier alpha value is -2.29. The van der Waals surface area contributed by atoms with E-state index in [2.05, 4.69) is 15.3 Å². The van der Waals surface area contributed by atoms with Gasteiger partial charge in [-0.3, -0.25) is 14.9 Å². The fourth-order valence-corrected chi connectivity index (χ4v) is 1.30. The molecule has 1 aromatic heterocycles. The molecule has 0 aliphatic carbocycles. The van der Waals surface area contributed by atoms with E-state index >= 15 is 0 Å². The fraction of sp³-hybridized carbons (Fsp3) is 0.364. The Morgan fingerprint density at radius 3 is 2.29 bits per heavy atom. The molecule has 1 heterocycles. The third-order valence-electron chi connectivity index (χ3n) is 2.02. The molecule has 6 heteroatoms. The molecule has 0 aromatic carbocycles. The van der Waals surface area contributed by atoms with E-state index in [0.717, 1.165) is 0 Å². The number of carbonyl (C=O) groups excluding carboxylic acids is 2. The van der Waals surface area contributed by atoms with Crippen molar-refractivity contribution in [3.8, 4) is 6.07 Å². The van der Waals surface area contributed by atoms with Crippen LogP contribution in [0.1, 0.15) is 18.3 Å². The minimum atomic E-state index is -1.32. The Balaban J connectivity index is 2.88. The van der Waals surface area contributed by atoms with Crippen LogP contribution in [-0.2, 0) is 9.59 Å². The number of carbonyl (C=O) groups is 2. The average Bonchev–Trinajstić information content (AvgIpc) is 2.15. The first kappa shape index (κ1) is 12.8. The normalized spacial score (nSPS) is 11.4.